The number of aliphatic carboxylic acids is 1. The summed E-state index contributed by atoms with van der Waals surface area (Å²) in [5, 5.41) is 9.51. The largest absolute Gasteiger partial charge is 0.481 e. The van der Waals surface area contributed by atoms with Gasteiger partial charge in [0.05, 0.1) is 19.1 Å². The summed E-state index contributed by atoms with van der Waals surface area (Å²) in [7, 11) is 1.48. The lowest BCUT2D eigenvalue weighted by Crippen LogP contribution is -2.40. The number of hydrogen-bond donors (Lipinski definition) is 1. The first-order chi connectivity index (χ1) is 11.6. The molecule has 1 aromatic carbocycles. The van der Waals surface area contributed by atoms with Crippen molar-refractivity contribution in [2.75, 3.05) is 26.8 Å². The Hall–Kier alpha value is -2.60. The number of likely N-dealkylation sites (tertiary alicyclic amines) is 1. The molecule has 1 amide bonds. The zero-order valence-corrected chi connectivity index (χ0v) is 13.4. The molecule has 1 aliphatic rings. The summed E-state index contributed by atoms with van der Waals surface area (Å²) >= 11 is 0. The lowest BCUT2D eigenvalue weighted by atomic mass is 9.88. The fourth-order valence-corrected chi connectivity index (χ4v) is 3.12. The Morgan fingerprint density at radius 3 is 2.83 bits per heavy atom. The van der Waals surface area contributed by atoms with Crippen molar-refractivity contribution in [2.45, 2.75) is 6.42 Å². The van der Waals surface area contributed by atoms with Crippen LogP contribution in [0.2, 0.25) is 0 Å². The minimum Gasteiger partial charge on any atom is -0.481 e. The number of carboxylic acid groups (broad SMARTS) is 1. The first-order valence-electron chi connectivity index (χ1n) is 7.70. The highest BCUT2D eigenvalue weighted by Gasteiger charge is 2.46. The van der Waals surface area contributed by atoms with Gasteiger partial charge >= 0.3 is 5.97 Å². The molecule has 6 heteroatoms. The molecule has 1 fully saturated rings. The van der Waals surface area contributed by atoms with Gasteiger partial charge < -0.3 is 19.2 Å². The summed E-state index contributed by atoms with van der Waals surface area (Å²) in [5.74, 6) is -1.09. The monoisotopic (exact) mass is 329 g/mol. The summed E-state index contributed by atoms with van der Waals surface area (Å²) in [4.78, 5) is 25.9. The van der Waals surface area contributed by atoms with Gasteiger partial charge in [-0.3, -0.25) is 9.59 Å². The molecule has 0 radical (unpaired) electrons. The number of methoxy groups -OCH3 is 1. The van der Waals surface area contributed by atoms with E-state index in [0.717, 1.165) is 11.1 Å². The molecule has 1 unspecified atom stereocenters. The number of rotatable bonds is 5. The molecule has 2 heterocycles. The third-order valence-electron chi connectivity index (χ3n) is 4.48. The molecule has 1 aliphatic heterocycles. The molecule has 1 N–H and O–H groups in total. The molecule has 0 bridgehead atoms. The smallest absolute Gasteiger partial charge is 0.313 e. The Morgan fingerprint density at radius 2 is 2.17 bits per heavy atom. The van der Waals surface area contributed by atoms with Gasteiger partial charge in [-0.25, -0.2) is 0 Å². The summed E-state index contributed by atoms with van der Waals surface area (Å²) in [6, 6.07) is 9.07. The average molecular weight is 329 g/mol. The van der Waals surface area contributed by atoms with Gasteiger partial charge in [0, 0.05) is 31.3 Å². The lowest BCUT2D eigenvalue weighted by molar-refractivity contribution is -0.151. The topological polar surface area (TPSA) is 80.0 Å². The fourth-order valence-electron chi connectivity index (χ4n) is 3.12. The molecular weight excluding hydrogens is 310 g/mol. The number of furan rings is 1. The van der Waals surface area contributed by atoms with Crippen LogP contribution in [-0.4, -0.2) is 48.7 Å². The highest BCUT2D eigenvalue weighted by molar-refractivity contribution is 5.96. The third kappa shape index (κ3) is 2.92. The predicted octanol–water partition coefficient (Wildman–Crippen LogP) is 2.51. The van der Waals surface area contributed by atoms with E-state index in [9.17, 15) is 14.7 Å². The van der Waals surface area contributed by atoms with Gasteiger partial charge in [-0.2, -0.15) is 0 Å². The van der Waals surface area contributed by atoms with E-state index in [-0.39, 0.29) is 19.1 Å². The molecule has 24 heavy (non-hydrogen) atoms. The summed E-state index contributed by atoms with van der Waals surface area (Å²) < 4.78 is 10.1. The molecule has 1 atom stereocenters. The minimum absolute atomic E-state index is 0.0984. The van der Waals surface area contributed by atoms with Gasteiger partial charge in [-0.05, 0) is 30.2 Å². The van der Waals surface area contributed by atoms with Gasteiger partial charge in [0.25, 0.3) is 5.91 Å². The van der Waals surface area contributed by atoms with Crippen LogP contribution in [0, 0.1) is 5.41 Å². The quantitative estimate of drug-likeness (QED) is 0.912. The number of nitrogens with zero attached hydrogens (tertiary/aromatic N) is 1. The van der Waals surface area contributed by atoms with Crippen LogP contribution in [0.1, 0.15) is 16.8 Å². The van der Waals surface area contributed by atoms with Crippen LogP contribution < -0.4 is 0 Å². The van der Waals surface area contributed by atoms with Gasteiger partial charge in [-0.15, -0.1) is 0 Å². The normalized spacial score (nSPS) is 20.3. The van der Waals surface area contributed by atoms with Crippen LogP contribution in [0.4, 0.5) is 0 Å². The molecule has 6 nitrogen and oxygen atoms in total. The van der Waals surface area contributed by atoms with E-state index < -0.39 is 11.4 Å². The van der Waals surface area contributed by atoms with Crippen molar-refractivity contribution in [2.24, 2.45) is 5.41 Å². The van der Waals surface area contributed by atoms with Crippen molar-refractivity contribution in [3.8, 4) is 11.1 Å². The number of amides is 1. The van der Waals surface area contributed by atoms with E-state index >= 15 is 0 Å². The standard InChI is InChI=1S/C18H19NO5/c1-23-12-18(17(21)22)6-7-19(11-18)16(20)14-4-2-3-13(9-14)15-5-8-24-10-15/h2-5,8-10H,6-7,11-12H2,1H3,(H,21,22). The van der Waals surface area contributed by atoms with Crippen LogP contribution in [0.5, 0.6) is 0 Å². The van der Waals surface area contributed by atoms with Gasteiger partial charge in [0.15, 0.2) is 0 Å². The molecule has 0 saturated carbocycles. The second-order valence-corrected chi connectivity index (χ2v) is 6.09. The molecule has 0 spiro atoms. The maximum atomic E-state index is 12.8. The van der Waals surface area contributed by atoms with Crippen LogP contribution in [0.15, 0.2) is 47.3 Å². The lowest BCUT2D eigenvalue weighted by Gasteiger charge is -2.23. The van der Waals surface area contributed by atoms with Crippen LogP contribution in [0.25, 0.3) is 11.1 Å². The highest BCUT2D eigenvalue weighted by Crippen LogP contribution is 2.32. The number of ether oxygens (including phenoxy) is 1. The van der Waals surface area contributed by atoms with E-state index in [1.807, 2.05) is 18.2 Å². The van der Waals surface area contributed by atoms with Crippen molar-refractivity contribution < 1.29 is 23.8 Å². The molecule has 3 rings (SSSR count). The SMILES string of the molecule is COCC1(C(=O)O)CCN(C(=O)c2cccc(-c3ccoc3)c2)C1. The zero-order chi connectivity index (χ0) is 17.2. The van der Waals surface area contributed by atoms with Gasteiger partial charge in [0.2, 0.25) is 0 Å². The third-order valence-corrected chi connectivity index (χ3v) is 4.48. The maximum absolute atomic E-state index is 12.8. The van der Waals surface area contributed by atoms with Crippen molar-refractivity contribution in [1.82, 2.24) is 4.90 Å². The van der Waals surface area contributed by atoms with E-state index in [4.69, 9.17) is 9.15 Å². The second-order valence-electron chi connectivity index (χ2n) is 6.09. The van der Waals surface area contributed by atoms with Crippen LogP contribution in [0.3, 0.4) is 0 Å². The Labute approximate surface area is 139 Å². The average Bonchev–Trinajstić information content (AvgIpc) is 3.25. The van der Waals surface area contributed by atoms with Gasteiger partial charge in [-0.1, -0.05) is 12.1 Å². The number of carbonyl (C=O) groups excluding carboxylic acids is 1. The molecule has 1 aromatic heterocycles. The number of carbonyl (C=O) groups is 2. The number of carboxylic acids is 1. The zero-order valence-electron chi connectivity index (χ0n) is 13.4. The molecular formula is C18H19NO5. The van der Waals surface area contributed by atoms with E-state index in [2.05, 4.69) is 0 Å². The number of benzene rings is 1. The Balaban J connectivity index is 1.80. The van der Waals surface area contributed by atoms with Crippen molar-refractivity contribution >= 4 is 11.9 Å². The highest BCUT2D eigenvalue weighted by atomic mass is 16.5. The van der Waals surface area contributed by atoms with E-state index in [1.165, 1.54) is 7.11 Å². The minimum atomic E-state index is -1.02. The first kappa shape index (κ1) is 16.3. The Morgan fingerprint density at radius 1 is 1.33 bits per heavy atom. The van der Waals surface area contributed by atoms with Crippen LogP contribution >= 0.6 is 0 Å². The molecule has 126 valence electrons. The Bertz CT molecular complexity index is 740. The van der Waals surface area contributed by atoms with Gasteiger partial charge in [0.1, 0.15) is 5.41 Å². The number of hydrogen-bond acceptors (Lipinski definition) is 4. The Kier molecular flexibility index (Phi) is 4.40. The summed E-state index contributed by atoms with van der Waals surface area (Å²) in [5.41, 5.74) is 1.29. The fraction of sp³-hybridized carbons (Fsp3) is 0.333. The second kappa shape index (κ2) is 6.49. The molecule has 0 aliphatic carbocycles. The van der Waals surface area contributed by atoms with Crippen molar-refractivity contribution in [3.05, 3.63) is 48.4 Å². The van der Waals surface area contributed by atoms with E-state index in [0.29, 0.717) is 18.5 Å². The van der Waals surface area contributed by atoms with E-state index in [1.54, 1.807) is 29.6 Å². The predicted molar refractivity (Wildman–Crippen MR) is 86.6 cm³/mol. The van der Waals surface area contributed by atoms with Crippen molar-refractivity contribution in [1.29, 1.82) is 0 Å². The summed E-state index contributed by atoms with van der Waals surface area (Å²) in [6.45, 7) is 0.663. The molecule has 2 aromatic rings. The van der Waals surface area contributed by atoms with Crippen molar-refractivity contribution in [3.63, 3.8) is 0 Å². The van der Waals surface area contributed by atoms with Crippen LogP contribution in [-0.2, 0) is 9.53 Å². The summed E-state index contributed by atoms with van der Waals surface area (Å²) in [6.07, 6.45) is 3.59. The maximum Gasteiger partial charge on any atom is 0.313 e. The molecule has 1 saturated heterocycles. The first-order valence-corrected chi connectivity index (χ1v) is 7.70.